The van der Waals surface area contributed by atoms with Crippen LogP contribution >= 0.6 is 7.82 Å². The van der Waals surface area contributed by atoms with Gasteiger partial charge in [0, 0.05) is 6.42 Å². The zero-order valence-corrected chi connectivity index (χ0v) is 50.8. The minimum Gasteiger partial charge on any atom is -0.387 e. The highest BCUT2D eigenvalue weighted by atomic mass is 31.2. The molecular formula is C68H116N2O6P+. The number of phosphoric acid groups is 1. The fraction of sp³-hybridized carbons (Fsp3) is 0.632. The first-order valence-electron chi connectivity index (χ1n) is 30.7. The molecule has 0 fully saturated rings. The van der Waals surface area contributed by atoms with Gasteiger partial charge in [0.25, 0.3) is 0 Å². The van der Waals surface area contributed by atoms with Crippen molar-refractivity contribution in [2.45, 2.75) is 238 Å². The maximum Gasteiger partial charge on any atom is 0.472 e. The van der Waals surface area contributed by atoms with E-state index >= 15 is 0 Å². The molecule has 8 nitrogen and oxygen atoms in total. The van der Waals surface area contributed by atoms with Crippen LogP contribution in [0.2, 0.25) is 0 Å². The zero-order chi connectivity index (χ0) is 56.3. The maximum absolute atomic E-state index is 13.0. The molecule has 0 aromatic rings. The molecule has 0 aromatic heterocycles. The van der Waals surface area contributed by atoms with Gasteiger partial charge < -0.3 is 19.8 Å². The highest BCUT2D eigenvalue weighted by Crippen LogP contribution is 2.43. The molecule has 0 radical (unpaired) electrons. The van der Waals surface area contributed by atoms with E-state index in [1.165, 1.54) is 96.3 Å². The topological polar surface area (TPSA) is 105 Å². The second kappa shape index (κ2) is 57.1. The number of carbonyl (C=O) groups is 1. The van der Waals surface area contributed by atoms with Gasteiger partial charge in [-0.25, -0.2) is 4.57 Å². The molecule has 3 atom stereocenters. The van der Waals surface area contributed by atoms with Crippen molar-refractivity contribution in [1.82, 2.24) is 5.32 Å². The van der Waals surface area contributed by atoms with Crippen LogP contribution in [0, 0.1) is 0 Å². The highest BCUT2D eigenvalue weighted by Gasteiger charge is 2.27. The van der Waals surface area contributed by atoms with Crippen LogP contribution in [0.3, 0.4) is 0 Å². The Morgan fingerprint density at radius 2 is 0.792 bits per heavy atom. The summed E-state index contributed by atoms with van der Waals surface area (Å²) in [4.78, 5) is 23.3. The number of phosphoric ester groups is 1. The molecule has 3 N–H and O–H groups in total. The number of hydrogen-bond donors (Lipinski definition) is 3. The Morgan fingerprint density at radius 1 is 0.455 bits per heavy atom. The molecule has 3 unspecified atom stereocenters. The molecule has 438 valence electrons. The van der Waals surface area contributed by atoms with E-state index in [1.54, 1.807) is 6.08 Å². The predicted molar refractivity (Wildman–Crippen MR) is 336 cm³/mol. The number of rotatable bonds is 54. The third kappa shape index (κ3) is 59.9. The number of carbonyl (C=O) groups excluding carboxylic acids is 1. The van der Waals surface area contributed by atoms with Crippen molar-refractivity contribution in [3.8, 4) is 0 Å². The lowest BCUT2D eigenvalue weighted by molar-refractivity contribution is -0.870. The molecule has 0 aliphatic heterocycles. The summed E-state index contributed by atoms with van der Waals surface area (Å²) in [7, 11) is 1.53. The smallest absolute Gasteiger partial charge is 0.387 e. The quantitative estimate of drug-likeness (QED) is 0.0243. The van der Waals surface area contributed by atoms with E-state index in [0.29, 0.717) is 17.4 Å². The van der Waals surface area contributed by atoms with Crippen molar-refractivity contribution in [1.29, 1.82) is 0 Å². The van der Waals surface area contributed by atoms with Crippen LogP contribution in [-0.4, -0.2) is 73.4 Å². The number of aliphatic hydroxyl groups excluding tert-OH is 1. The average Bonchev–Trinajstić information content (AvgIpc) is 3.39. The van der Waals surface area contributed by atoms with Gasteiger partial charge in [-0.05, 0) is 116 Å². The van der Waals surface area contributed by atoms with Crippen LogP contribution in [0.1, 0.15) is 226 Å². The second-order valence-corrected chi connectivity index (χ2v) is 22.8. The Kier molecular flexibility index (Phi) is 54.4. The molecule has 9 heteroatoms. The summed E-state index contributed by atoms with van der Waals surface area (Å²) in [5.74, 6) is -0.201. The Morgan fingerprint density at radius 3 is 1.19 bits per heavy atom. The molecule has 0 bridgehead atoms. The first kappa shape index (κ1) is 73.4. The number of hydrogen-bond acceptors (Lipinski definition) is 5. The molecule has 1 amide bonds. The normalized spacial score (nSPS) is 14.8. The number of likely N-dealkylation sites (N-methyl/N-ethyl adjacent to an activating group) is 1. The number of unbranched alkanes of at least 4 members (excludes halogenated alkanes) is 19. The lowest BCUT2D eigenvalue weighted by Gasteiger charge is -2.25. The number of quaternary nitrogens is 1. The Balaban J connectivity index is 4.15. The SMILES string of the molecule is CC/C=C\C/C=C\C/C=C\C/C=C\C/C=C\C/C=C\C/C=C\C/C=C\C/C=C\CCCCCCCCCCCCCC(=O)NC(COP(=O)(O)OCC[N+](C)(C)C)C(O)/C=C/CC/C=C/CC/C=C/CCCCCCCC. The van der Waals surface area contributed by atoms with Crippen molar-refractivity contribution in [3.63, 3.8) is 0 Å². The van der Waals surface area contributed by atoms with E-state index in [2.05, 4.69) is 153 Å². The maximum atomic E-state index is 13.0. The fourth-order valence-electron chi connectivity index (χ4n) is 8.01. The monoisotopic (exact) mass is 1090 g/mol. The summed E-state index contributed by atoms with van der Waals surface area (Å²) in [5.41, 5.74) is 0. The van der Waals surface area contributed by atoms with Gasteiger partial charge in [-0.3, -0.25) is 13.8 Å². The van der Waals surface area contributed by atoms with Gasteiger partial charge in [-0.2, -0.15) is 0 Å². The minimum absolute atomic E-state index is 0.0462. The van der Waals surface area contributed by atoms with Crippen LogP contribution in [0.4, 0.5) is 0 Å². The largest absolute Gasteiger partial charge is 0.472 e. The van der Waals surface area contributed by atoms with Gasteiger partial charge in [0.1, 0.15) is 13.2 Å². The fourth-order valence-corrected chi connectivity index (χ4v) is 8.74. The summed E-state index contributed by atoms with van der Waals surface area (Å²) in [6.45, 7) is 4.64. The summed E-state index contributed by atoms with van der Waals surface area (Å²) in [6.07, 6.45) is 88.2. The van der Waals surface area contributed by atoms with Crippen molar-refractivity contribution in [2.24, 2.45) is 0 Å². The van der Waals surface area contributed by atoms with Gasteiger partial charge in [0.2, 0.25) is 5.91 Å². The van der Waals surface area contributed by atoms with Gasteiger partial charge in [-0.1, -0.05) is 250 Å². The molecule has 0 saturated heterocycles. The van der Waals surface area contributed by atoms with E-state index in [0.717, 1.165) is 109 Å². The van der Waals surface area contributed by atoms with E-state index < -0.39 is 20.0 Å². The van der Waals surface area contributed by atoms with E-state index in [-0.39, 0.29) is 19.1 Å². The summed E-state index contributed by atoms with van der Waals surface area (Å²) in [6, 6.07) is -0.881. The molecule has 0 aliphatic carbocycles. The first-order valence-corrected chi connectivity index (χ1v) is 32.2. The highest BCUT2D eigenvalue weighted by molar-refractivity contribution is 7.47. The van der Waals surface area contributed by atoms with Crippen molar-refractivity contribution < 1.29 is 32.9 Å². The van der Waals surface area contributed by atoms with Crippen LogP contribution < -0.4 is 5.32 Å². The zero-order valence-electron chi connectivity index (χ0n) is 49.9. The van der Waals surface area contributed by atoms with Crippen molar-refractivity contribution in [2.75, 3.05) is 40.9 Å². The standard InChI is InChI=1S/C68H115N2O6P/c1-6-8-10-12-14-16-18-20-22-24-25-26-27-28-29-30-31-32-33-34-35-36-37-38-39-40-41-42-43-44-45-46-48-50-52-54-56-58-60-62-68(72)69-66(65-76-77(73,74)75-64-63-70(3,4)5)67(71)61-59-57-55-53-51-49-47-23-21-19-17-15-13-11-9-7-2/h8,10,14,16,20-23,25-26,28-29,31-32,34-35,37-38,40-41,51,53,59,61,66-67,71H,6-7,9,11-13,15,17-19,24,27,30,33,36,39,42-50,52,54-58,60,62-65H2,1-5H3,(H-,69,72,73,74)/p+1/b10-8-,16-14-,22-20-,23-21+,26-25-,29-28-,32-31-,35-34-,38-37-,41-40-,53-51+,61-59+. The van der Waals surface area contributed by atoms with Gasteiger partial charge in [-0.15, -0.1) is 0 Å². The first-order chi connectivity index (χ1) is 37.5. The lowest BCUT2D eigenvalue weighted by Crippen LogP contribution is -2.45. The van der Waals surface area contributed by atoms with E-state index in [4.69, 9.17) is 9.05 Å². The number of nitrogens with one attached hydrogen (secondary N) is 1. The van der Waals surface area contributed by atoms with Gasteiger partial charge >= 0.3 is 7.82 Å². The molecule has 0 heterocycles. The molecular weight excluding hydrogens is 972 g/mol. The third-order valence-electron chi connectivity index (χ3n) is 12.8. The lowest BCUT2D eigenvalue weighted by atomic mass is 10.0. The number of nitrogens with zero attached hydrogens (tertiary/aromatic N) is 1. The molecule has 0 aromatic carbocycles. The number of aliphatic hydroxyl groups is 1. The van der Waals surface area contributed by atoms with Gasteiger partial charge in [0.05, 0.1) is 39.9 Å². The predicted octanol–water partition coefficient (Wildman–Crippen LogP) is 19.3. The molecule has 0 saturated carbocycles. The van der Waals surface area contributed by atoms with Crippen molar-refractivity contribution >= 4 is 13.7 Å². The van der Waals surface area contributed by atoms with E-state index in [1.807, 2.05) is 27.2 Å². The van der Waals surface area contributed by atoms with Crippen molar-refractivity contribution in [3.05, 3.63) is 146 Å². The minimum atomic E-state index is -4.37. The molecule has 0 spiro atoms. The Hall–Kier alpha value is -3.62. The summed E-state index contributed by atoms with van der Waals surface area (Å²) in [5, 5.41) is 13.9. The van der Waals surface area contributed by atoms with Crippen LogP contribution in [0.5, 0.6) is 0 Å². The van der Waals surface area contributed by atoms with E-state index in [9.17, 15) is 19.4 Å². The van der Waals surface area contributed by atoms with Gasteiger partial charge in [0.15, 0.2) is 0 Å². The third-order valence-corrected chi connectivity index (χ3v) is 13.8. The van der Waals surface area contributed by atoms with Crippen LogP contribution in [0.15, 0.2) is 146 Å². The van der Waals surface area contributed by atoms with Crippen LogP contribution in [-0.2, 0) is 18.4 Å². The summed E-state index contributed by atoms with van der Waals surface area (Å²) >= 11 is 0. The number of allylic oxidation sites excluding steroid dienone is 23. The molecule has 77 heavy (non-hydrogen) atoms. The Bertz CT molecular complexity index is 1760. The second-order valence-electron chi connectivity index (χ2n) is 21.3. The summed E-state index contributed by atoms with van der Waals surface area (Å²) < 4.78 is 23.7. The average molecular weight is 1090 g/mol. The molecule has 0 aliphatic rings. The number of amides is 1. The van der Waals surface area contributed by atoms with Crippen LogP contribution in [0.25, 0.3) is 0 Å². The Labute approximate surface area is 474 Å². The molecule has 0 rings (SSSR count).